The van der Waals surface area contributed by atoms with Gasteiger partial charge in [-0.3, -0.25) is 0 Å². The Bertz CT molecular complexity index is 85.7. The molecule has 0 unspecified atom stereocenters. The zero-order valence-electron chi connectivity index (χ0n) is 5.06. The molecule has 0 aliphatic carbocycles. The first-order valence-electron chi connectivity index (χ1n) is 2.25. The van der Waals surface area contributed by atoms with Crippen LogP contribution in [0.4, 0.5) is 0 Å². The zero-order valence-corrected chi connectivity index (χ0v) is 5.96. The fourth-order valence-electron chi connectivity index (χ4n) is 0.381. The molecular weight excluding hydrogens is 109 g/mol. The van der Waals surface area contributed by atoms with Crippen molar-refractivity contribution in [3.05, 3.63) is 0 Å². The Hall–Kier alpha value is 0.190. The lowest BCUT2D eigenvalue weighted by molar-refractivity contribution is 0.579. The molecule has 0 saturated carbocycles. The van der Waals surface area contributed by atoms with Crippen LogP contribution in [-0.2, 0) is 4.57 Å². The molecule has 0 bridgehead atoms. The molecule has 0 aromatic heterocycles. The predicted molar refractivity (Wildman–Crippen MR) is 33.4 cm³/mol. The molecule has 0 atom stereocenters. The fourth-order valence-corrected chi connectivity index (χ4v) is 1.14. The second kappa shape index (κ2) is 2.49. The standard InChI is InChI=1S/C4H12NOP/c1-5-4-7(2,3)6/h5H,4H2,1-3H3. The molecule has 0 aromatic carbocycles. The van der Waals surface area contributed by atoms with Crippen LogP contribution in [0.5, 0.6) is 0 Å². The third kappa shape index (κ3) is 6.19. The van der Waals surface area contributed by atoms with Crippen LogP contribution >= 0.6 is 7.14 Å². The molecule has 2 nitrogen and oxygen atoms in total. The van der Waals surface area contributed by atoms with Gasteiger partial charge in [-0.25, -0.2) is 0 Å². The van der Waals surface area contributed by atoms with E-state index >= 15 is 0 Å². The normalized spacial score (nSPS) is 11.9. The van der Waals surface area contributed by atoms with Crippen LogP contribution in [0.3, 0.4) is 0 Å². The molecule has 0 spiro atoms. The van der Waals surface area contributed by atoms with Crippen molar-refractivity contribution in [1.82, 2.24) is 5.32 Å². The summed E-state index contributed by atoms with van der Waals surface area (Å²) in [5.41, 5.74) is 0. The fraction of sp³-hybridized carbons (Fsp3) is 1.00. The maximum atomic E-state index is 10.8. The van der Waals surface area contributed by atoms with Crippen molar-refractivity contribution >= 4 is 7.14 Å². The molecule has 3 heteroatoms. The van der Waals surface area contributed by atoms with Crippen molar-refractivity contribution in [2.45, 2.75) is 0 Å². The number of rotatable bonds is 2. The lowest BCUT2D eigenvalue weighted by Crippen LogP contribution is -2.06. The Morgan fingerprint density at radius 3 is 2.00 bits per heavy atom. The smallest absolute Gasteiger partial charge is 0.0949 e. The van der Waals surface area contributed by atoms with E-state index in [2.05, 4.69) is 5.32 Å². The van der Waals surface area contributed by atoms with Crippen LogP contribution in [0.15, 0.2) is 0 Å². The second-order valence-electron chi connectivity index (χ2n) is 2.09. The van der Waals surface area contributed by atoms with Gasteiger partial charge in [0, 0.05) is 6.29 Å². The minimum atomic E-state index is -1.78. The van der Waals surface area contributed by atoms with E-state index in [1.165, 1.54) is 0 Å². The van der Waals surface area contributed by atoms with Gasteiger partial charge in [-0.15, -0.1) is 0 Å². The third-order valence-corrected chi connectivity index (χ3v) is 1.62. The highest BCUT2D eigenvalue weighted by Gasteiger charge is 2.01. The molecule has 0 aromatic rings. The third-order valence-electron chi connectivity index (χ3n) is 0.539. The summed E-state index contributed by atoms with van der Waals surface area (Å²) in [6.07, 6.45) is 0.646. The lowest BCUT2D eigenvalue weighted by atomic mass is 11.3. The van der Waals surface area contributed by atoms with Gasteiger partial charge in [-0.2, -0.15) is 0 Å². The summed E-state index contributed by atoms with van der Waals surface area (Å²) in [7, 11) is 0.0284. The molecule has 1 N–H and O–H groups in total. The first-order valence-corrected chi connectivity index (χ1v) is 5.03. The number of hydrogen-bond donors (Lipinski definition) is 1. The second-order valence-corrected chi connectivity index (χ2v) is 5.55. The Kier molecular flexibility index (Phi) is 2.55. The van der Waals surface area contributed by atoms with Gasteiger partial charge in [0.15, 0.2) is 0 Å². The molecular formula is C4H12NOP. The summed E-state index contributed by atoms with van der Waals surface area (Å²) < 4.78 is 10.8. The van der Waals surface area contributed by atoms with Crippen LogP contribution in [0.1, 0.15) is 0 Å². The molecule has 0 heterocycles. The Labute approximate surface area is 44.7 Å². The van der Waals surface area contributed by atoms with Gasteiger partial charge < -0.3 is 9.88 Å². The first kappa shape index (κ1) is 7.19. The minimum Gasteiger partial charge on any atom is -0.323 e. The number of hydrogen-bond acceptors (Lipinski definition) is 2. The van der Waals surface area contributed by atoms with Crippen molar-refractivity contribution in [3.63, 3.8) is 0 Å². The molecule has 0 saturated heterocycles. The molecule has 0 aliphatic rings. The highest BCUT2D eigenvalue weighted by Crippen LogP contribution is 2.32. The highest BCUT2D eigenvalue weighted by molar-refractivity contribution is 7.62. The van der Waals surface area contributed by atoms with Crippen LogP contribution in [-0.4, -0.2) is 26.7 Å². The van der Waals surface area contributed by atoms with Crippen LogP contribution in [0, 0.1) is 0 Å². The summed E-state index contributed by atoms with van der Waals surface area (Å²) in [4.78, 5) is 0. The number of nitrogens with one attached hydrogen (secondary N) is 1. The van der Waals surface area contributed by atoms with Gasteiger partial charge >= 0.3 is 0 Å². The van der Waals surface area contributed by atoms with Gasteiger partial charge in [0.25, 0.3) is 0 Å². The largest absolute Gasteiger partial charge is 0.323 e. The van der Waals surface area contributed by atoms with E-state index in [0.717, 1.165) is 0 Å². The molecule has 44 valence electrons. The van der Waals surface area contributed by atoms with E-state index in [-0.39, 0.29) is 0 Å². The van der Waals surface area contributed by atoms with Gasteiger partial charge in [-0.05, 0) is 20.4 Å². The minimum absolute atomic E-state index is 0.646. The molecule has 0 aliphatic heterocycles. The average Bonchev–Trinajstić information content (AvgIpc) is 1.30. The van der Waals surface area contributed by atoms with E-state index in [1.807, 2.05) is 0 Å². The average molecular weight is 121 g/mol. The molecule has 0 rings (SSSR count). The highest BCUT2D eigenvalue weighted by atomic mass is 31.2. The monoisotopic (exact) mass is 121 g/mol. The first-order chi connectivity index (χ1) is 3.06. The topological polar surface area (TPSA) is 29.1 Å². The van der Waals surface area contributed by atoms with E-state index in [4.69, 9.17) is 0 Å². The lowest BCUT2D eigenvalue weighted by Gasteiger charge is -2.01. The maximum Gasteiger partial charge on any atom is 0.0949 e. The quantitative estimate of drug-likeness (QED) is 0.547. The summed E-state index contributed by atoms with van der Waals surface area (Å²) in [6.45, 7) is 3.53. The van der Waals surface area contributed by atoms with Gasteiger partial charge in [-0.1, -0.05) is 0 Å². The molecule has 0 amide bonds. The Morgan fingerprint density at radius 2 is 2.00 bits per heavy atom. The summed E-state index contributed by atoms with van der Waals surface area (Å²) in [5, 5.41) is 2.84. The van der Waals surface area contributed by atoms with E-state index in [1.54, 1.807) is 20.4 Å². The van der Waals surface area contributed by atoms with Crippen molar-refractivity contribution < 1.29 is 4.57 Å². The van der Waals surface area contributed by atoms with Crippen LogP contribution < -0.4 is 5.32 Å². The zero-order chi connectivity index (χ0) is 5.91. The van der Waals surface area contributed by atoms with Crippen molar-refractivity contribution in [1.29, 1.82) is 0 Å². The Balaban J connectivity index is 3.36. The van der Waals surface area contributed by atoms with Gasteiger partial charge in [0.2, 0.25) is 0 Å². The van der Waals surface area contributed by atoms with E-state index in [9.17, 15) is 4.57 Å². The van der Waals surface area contributed by atoms with Gasteiger partial charge in [0.05, 0.1) is 7.14 Å². The molecule has 0 radical (unpaired) electrons. The van der Waals surface area contributed by atoms with Crippen molar-refractivity contribution in [3.8, 4) is 0 Å². The summed E-state index contributed by atoms with van der Waals surface area (Å²) >= 11 is 0. The SMILES string of the molecule is CNCP(C)(C)=O. The molecule has 7 heavy (non-hydrogen) atoms. The Morgan fingerprint density at radius 1 is 1.57 bits per heavy atom. The molecule has 0 fully saturated rings. The van der Waals surface area contributed by atoms with E-state index in [0.29, 0.717) is 6.29 Å². The van der Waals surface area contributed by atoms with Crippen LogP contribution in [0.2, 0.25) is 0 Å². The predicted octanol–water partition coefficient (Wildman–Crippen LogP) is 0.786. The van der Waals surface area contributed by atoms with E-state index < -0.39 is 7.14 Å². The summed E-state index contributed by atoms with van der Waals surface area (Å²) in [5.74, 6) is 0. The summed E-state index contributed by atoms with van der Waals surface area (Å²) in [6, 6.07) is 0. The maximum absolute atomic E-state index is 10.8. The van der Waals surface area contributed by atoms with Crippen molar-refractivity contribution in [2.24, 2.45) is 0 Å². The van der Waals surface area contributed by atoms with Crippen molar-refractivity contribution in [2.75, 3.05) is 26.7 Å². The van der Waals surface area contributed by atoms with Gasteiger partial charge in [0.1, 0.15) is 0 Å². The van der Waals surface area contributed by atoms with Crippen LogP contribution in [0.25, 0.3) is 0 Å².